The number of ether oxygens (including phenoxy) is 1. The van der Waals surface area contributed by atoms with E-state index < -0.39 is 5.97 Å². The van der Waals surface area contributed by atoms with Gasteiger partial charge in [0.1, 0.15) is 0 Å². The zero-order valence-corrected chi connectivity index (χ0v) is 9.86. The molecule has 1 unspecified atom stereocenters. The Labute approximate surface area is 99.8 Å². The maximum Gasteiger partial charge on any atom is 0.372 e. The lowest BCUT2D eigenvalue weighted by Gasteiger charge is -2.23. The van der Waals surface area contributed by atoms with Crippen molar-refractivity contribution in [3.63, 3.8) is 0 Å². The monoisotopic (exact) mass is 239 g/mol. The van der Waals surface area contributed by atoms with E-state index in [-0.39, 0.29) is 11.4 Å². The first-order valence-corrected chi connectivity index (χ1v) is 5.75. The fourth-order valence-electron chi connectivity index (χ4n) is 2.10. The molecule has 2 rings (SSSR count). The van der Waals surface area contributed by atoms with E-state index in [1.165, 1.54) is 6.26 Å². The van der Waals surface area contributed by atoms with Crippen LogP contribution in [0.25, 0.3) is 0 Å². The third-order valence-electron chi connectivity index (χ3n) is 3.06. The van der Waals surface area contributed by atoms with Crippen LogP contribution in [0.3, 0.4) is 0 Å². The van der Waals surface area contributed by atoms with Gasteiger partial charge in [-0.1, -0.05) is 0 Å². The van der Waals surface area contributed by atoms with Crippen molar-refractivity contribution < 1.29 is 19.1 Å². The summed E-state index contributed by atoms with van der Waals surface area (Å²) in [5.74, 6) is -1.02. The molecular formula is C12H17NO4. The molecule has 1 fully saturated rings. The molecule has 2 heterocycles. The molecule has 1 aliphatic heterocycles. The molecule has 17 heavy (non-hydrogen) atoms. The third-order valence-corrected chi connectivity index (χ3v) is 3.06. The molecule has 1 atom stereocenters. The Morgan fingerprint density at radius 2 is 2.47 bits per heavy atom. The number of rotatable bonds is 5. The van der Waals surface area contributed by atoms with Gasteiger partial charge in [0.15, 0.2) is 0 Å². The van der Waals surface area contributed by atoms with Crippen LogP contribution in [0.5, 0.6) is 0 Å². The summed E-state index contributed by atoms with van der Waals surface area (Å²) in [6, 6.07) is 1.67. The summed E-state index contributed by atoms with van der Waals surface area (Å²) < 4.78 is 10.5. The van der Waals surface area contributed by atoms with Gasteiger partial charge >= 0.3 is 5.97 Å². The highest BCUT2D eigenvalue weighted by Gasteiger charge is 2.29. The quantitative estimate of drug-likeness (QED) is 0.817. The van der Waals surface area contributed by atoms with E-state index >= 15 is 0 Å². The largest absolute Gasteiger partial charge is 0.475 e. The number of carboxylic acid groups (broad SMARTS) is 1. The van der Waals surface area contributed by atoms with Gasteiger partial charge in [-0.2, -0.15) is 0 Å². The van der Waals surface area contributed by atoms with E-state index in [0.717, 1.165) is 26.0 Å². The summed E-state index contributed by atoms with van der Waals surface area (Å²) in [6.45, 7) is 4.08. The minimum absolute atomic E-state index is 0.00925. The molecule has 1 aromatic heterocycles. The number of nitrogens with one attached hydrogen (secondary N) is 1. The molecule has 5 heteroatoms. The average molecular weight is 239 g/mol. The van der Waals surface area contributed by atoms with Gasteiger partial charge in [0.05, 0.1) is 11.9 Å². The van der Waals surface area contributed by atoms with E-state index in [9.17, 15) is 4.79 Å². The fourth-order valence-corrected chi connectivity index (χ4v) is 2.10. The number of hydrogen-bond donors (Lipinski definition) is 2. The molecule has 0 radical (unpaired) electrons. The molecule has 0 spiro atoms. The van der Waals surface area contributed by atoms with Crippen LogP contribution < -0.4 is 5.32 Å². The minimum atomic E-state index is -1.03. The predicted octanol–water partition coefficient (Wildman–Crippen LogP) is 1.64. The number of hydrogen-bond acceptors (Lipinski definition) is 4. The molecule has 0 aliphatic carbocycles. The van der Waals surface area contributed by atoms with Crippen molar-refractivity contribution in [3.05, 3.63) is 23.7 Å². The Hall–Kier alpha value is -1.33. The van der Waals surface area contributed by atoms with E-state index in [1.807, 2.05) is 0 Å². The number of carboxylic acids is 1. The van der Waals surface area contributed by atoms with Crippen molar-refractivity contribution in [3.8, 4) is 0 Å². The molecule has 0 saturated carbocycles. The lowest BCUT2D eigenvalue weighted by atomic mass is 10.0. The number of aromatic carboxylic acids is 1. The highest BCUT2D eigenvalue weighted by molar-refractivity contribution is 5.86. The van der Waals surface area contributed by atoms with Crippen molar-refractivity contribution in [2.75, 3.05) is 13.2 Å². The van der Waals surface area contributed by atoms with Crippen molar-refractivity contribution >= 4 is 5.97 Å². The van der Waals surface area contributed by atoms with Gasteiger partial charge in [0.25, 0.3) is 0 Å². The topological polar surface area (TPSA) is 71.7 Å². The Balaban J connectivity index is 1.85. The Bertz CT molecular complexity index is 393. The van der Waals surface area contributed by atoms with Gasteiger partial charge in [-0.25, -0.2) is 4.79 Å². The molecule has 94 valence electrons. The number of carbonyl (C=O) groups is 1. The smallest absolute Gasteiger partial charge is 0.372 e. The zero-order chi connectivity index (χ0) is 12.3. The van der Waals surface area contributed by atoms with Crippen LogP contribution in [0.1, 0.15) is 35.9 Å². The Morgan fingerprint density at radius 3 is 3.12 bits per heavy atom. The van der Waals surface area contributed by atoms with Gasteiger partial charge in [-0.15, -0.1) is 0 Å². The first-order chi connectivity index (χ1) is 8.11. The first-order valence-electron chi connectivity index (χ1n) is 5.75. The van der Waals surface area contributed by atoms with Crippen LogP contribution in [-0.2, 0) is 11.3 Å². The second-order valence-corrected chi connectivity index (χ2v) is 4.59. The van der Waals surface area contributed by atoms with Crippen LogP contribution in [0, 0.1) is 0 Å². The van der Waals surface area contributed by atoms with Crippen molar-refractivity contribution in [2.24, 2.45) is 0 Å². The lowest BCUT2D eigenvalue weighted by molar-refractivity contribution is 0.0206. The van der Waals surface area contributed by atoms with Crippen LogP contribution in [-0.4, -0.2) is 29.8 Å². The molecule has 0 amide bonds. The second kappa shape index (κ2) is 4.89. The van der Waals surface area contributed by atoms with Crippen LogP contribution in [0.2, 0.25) is 0 Å². The Morgan fingerprint density at radius 1 is 1.65 bits per heavy atom. The summed E-state index contributed by atoms with van der Waals surface area (Å²) >= 11 is 0. The van der Waals surface area contributed by atoms with Gasteiger partial charge in [-0.05, 0) is 25.8 Å². The molecule has 1 saturated heterocycles. The zero-order valence-electron chi connectivity index (χ0n) is 9.86. The van der Waals surface area contributed by atoms with Crippen molar-refractivity contribution in [1.29, 1.82) is 0 Å². The van der Waals surface area contributed by atoms with Gasteiger partial charge in [0, 0.05) is 25.3 Å². The van der Waals surface area contributed by atoms with Crippen molar-refractivity contribution in [2.45, 2.75) is 31.9 Å². The van der Waals surface area contributed by atoms with E-state index in [4.69, 9.17) is 14.3 Å². The van der Waals surface area contributed by atoms with E-state index in [0.29, 0.717) is 12.1 Å². The van der Waals surface area contributed by atoms with Gasteiger partial charge in [0.2, 0.25) is 5.76 Å². The lowest BCUT2D eigenvalue weighted by Crippen LogP contribution is -2.36. The van der Waals surface area contributed by atoms with E-state index in [2.05, 4.69) is 12.2 Å². The minimum Gasteiger partial charge on any atom is -0.475 e. The standard InChI is InChI=1S/C12H17NO4/c1-12(4-2-5-17-12)8-13-7-9-3-6-16-10(9)11(14)15/h3,6,13H,2,4-5,7-8H2,1H3,(H,14,15). The van der Waals surface area contributed by atoms with Crippen LogP contribution in [0.4, 0.5) is 0 Å². The van der Waals surface area contributed by atoms with Crippen LogP contribution >= 0.6 is 0 Å². The molecule has 1 aliphatic rings. The maximum absolute atomic E-state index is 10.8. The van der Waals surface area contributed by atoms with Crippen LogP contribution in [0.15, 0.2) is 16.7 Å². The van der Waals surface area contributed by atoms with E-state index in [1.54, 1.807) is 6.07 Å². The summed E-state index contributed by atoms with van der Waals surface area (Å²) in [6.07, 6.45) is 3.52. The summed E-state index contributed by atoms with van der Waals surface area (Å²) in [5.41, 5.74) is 0.548. The maximum atomic E-state index is 10.8. The molecule has 0 bridgehead atoms. The highest BCUT2D eigenvalue weighted by atomic mass is 16.5. The van der Waals surface area contributed by atoms with Crippen molar-refractivity contribution in [1.82, 2.24) is 5.32 Å². The molecule has 0 aromatic carbocycles. The average Bonchev–Trinajstić information content (AvgIpc) is 2.87. The third kappa shape index (κ3) is 2.87. The summed E-state index contributed by atoms with van der Waals surface area (Å²) in [7, 11) is 0. The summed E-state index contributed by atoms with van der Waals surface area (Å²) in [4.78, 5) is 10.8. The second-order valence-electron chi connectivity index (χ2n) is 4.59. The first kappa shape index (κ1) is 12.1. The molecule has 2 N–H and O–H groups in total. The normalized spacial score (nSPS) is 24.1. The number of furan rings is 1. The molecule has 1 aromatic rings. The summed E-state index contributed by atoms with van der Waals surface area (Å²) in [5, 5.41) is 12.1. The highest BCUT2D eigenvalue weighted by Crippen LogP contribution is 2.24. The SMILES string of the molecule is CC1(CNCc2ccoc2C(=O)O)CCCO1. The molecule has 5 nitrogen and oxygen atoms in total. The predicted molar refractivity (Wildman–Crippen MR) is 61.0 cm³/mol. The van der Waals surface area contributed by atoms with Gasteiger partial charge in [-0.3, -0.25) is 0 Å². The fraction of sp³-hybridized carbons (Fsp3) is 0.583. The van der Waals surface area contributed by atoms with Gasteiger partial charge < -0.3 is 19.6 Å². The molecular weight excluding hydrogens is 222 g/mol. The Kier molecular flexibility index (Phi) is 3.49.